The van der Waals surface area contributed by atoms with Crippen LogP contribution < -0.4 is 21.7 Å². The van der Waals surface area contributed by atoms with Gasteiger partial charge in [0.05, 0.1) is 19.3 Å². The molecular formula is C14H24N4O9. The number of hydrogen-bond acceptors (Lipinski definition) is 8. The lowest BCUT2D eigenvalue weighted by Gasteiger charge is -2.22. The predicted octanol–water partition coefficient (Wildman–Crippen LogP) is -4.28. The summed E-state index contributed by atoms with van der Waals surface area (Å²) in [4.78, 5) is 57.1. The van der Waals surface area contributed by atoms with Crippen LogP contribution in [-0.2, 0) is 24.0 Å². The van der Waals surface area contributed by atoms with Gasteiger partial charge in [-0.05, 0) is 13.3 Å². The number of rotatable bonds is 12. The van der Waals surface area contributed by atoms with Crippen molar-refractivity contribution < 1.29 is 44.4 Å². The third-order valence-electron chi connectivity index (χ3n) is 3.30. The van der Waals surface area contributed by atoms with Gasteiger partial charge in [-0.15, -0.1) is 0 Å². The first-order valence-electron chi connectivity index (χ1n) is 7.86. The molecule has 0 rings (SSSR count). The Labute approximate surface area is 153 Å². The number of nitrogens with one attached hydrogen (secondary N) is 3. The Bertz CT molecular complexity index is 567. The van der Waals surface area contributed by atoms with Crippen LogP contribution in [0.2, 0.25) is 0 Å². The maximum Gasteiger partial charge on any atom is 0.328 e. The van der Waals surface area contributed by atoms with Gasteiger partial charge in [0.25, 0.3) is 0 Å². The van der Waals surface area contributed by atoms with Gasteiger partial charge in [-0.3, -0.25) is 19.2 Å². The van der Waals surface area contributed by atoms with Crippen LogP contribution in [-0.4, -0.2) is 87.5 Å². The molecule has 154 valence electrons. The molecule has 0 radical (unpaired) electrons. The first-order valence-corrected chi connectivity index (χ1v) is 7.86. The largest absolute Gasteiger partial charge is 0.481 e. The van der Waals surface area contributed by atoms with Crippen LogP contribution in [0, 0.1) is 0 Å². The number of aliphatic carboxylic acids is 2. The first kappa shape index (κ1) is 24.2. The summed E-state index contributed by atoms with van der Waals surface area (Å²) in [5.74, 6) is -5.49. The molecule has 0 bridgehead atoms. The van der Waals surface area contributed by atoms with Gasteiger partial charge in [-0.1, -0.05) is 0 Å². The van der Waals surface area contributed by atoms with Crippen molar-refractivity contribution in [1.29, 1.82) is 0 Å². The van der Waals surface area contributed by atoms with Crippen LogP contribution in [0.25, 0.3) is 0 Å². The highest BCUT2D eigenvalue weighted by molar-refractivity contribution is 5.92. The molecule has 27 heavy (non-hydrogen) atoms. The average Bonchev–Trinajstić information content (AvgIpc) is 2.59. The highest BCUT2D eigenvalue weighted by Crippen LogP contribution is 2.01. The van der Waals surface area contributed by atoms with Crippen LogP contribution in [0.4, 0.5) is 0 Å². The summed E-state index contributed by atoms with van der Waals surface area (Å²) in [5, 5.41) is 42.0. The van der Waals surface area contributed by atoms with Crippen molar-refractivity contribution in [2.24, 2.45) is 5.73 Å². The number of hydrogen-bond donors (Lipinski definition) is 8. The predicted molar refractivity (Wildman–Crippen MR) is 88.1 cm³/mol. The van der Waals surface area contributed by atoms with E-state index in [0.29, 0.717) is 0 Å². The van der Waals surface area contributed by atoms with Crippen molar-refractivity contribution >= 4 is 29.7 Å². The van der Waals surface area contributed by atoms with Crippen LogP contribution in [0.1, 0.15) is 19.8 Å². The van der Waals surface area contributed by atoms with Crippen LogP contribution in [0.15, 0.2) is 0 Å². The van der Waals surface area contributed by atoms with Gasteiger partial charge >= 0.3 is 11.9 Å². The summed E-state index contributed by atoms with van der Waals surface area (Å²) in [7, 11) is 0. The van der Waals surface area contributed by atoms with E-state index in [1.165, 1.54) is 0 Å². The van der Waals surface area contributed by atoms with Crippen molar-refractivity contribution in [3.8, 4) is 0 Å². The molecule has 0 fully saturated rings. The molecule has 13 nitrogen and oxygen atoms in total. The van der Waals surface area contributed by atoms with Crippen LogP contribution >= 0.6 is 0 Å². The second kappa shape index (κ2) is 11.8. The molecule has 0 aliphatic heterocycles. The standard InChI is InChI=1S/C14H24N4O9/c1-6(20)11(14(26)27)18-13(25)8(2-3-10(22)23)17-9(21)4-16-12(24)7(15)5-19/h6-8,11,19-20H,2-5,15H2,1H3,(H,16,24)(H,17,21)(H,18,25)(H,22,23)(H,26,27). The molecule has 0 heterocycles. The summed E-state index contributed by atoms with van der Waals surface area (Å²) < 4.78 is 0. The second-order valence-corrected chi connectivity index (χ2v) is 5.62. The molecule has 4 atom stereocenters. The highest BCUT2D eigenvalue weighted by Gasteiger charge is 2.29. The number of carboxylic acids is 2. The second-order valence-electron chi connectivity index (χ2n) is 5.62. The minimum atomic E-state index is -1.66. The zero-order valence-corrected chi connectivity index (χ0v) is 14.5. The van der Waals surface area contributed by atoms with E-state index in [2.05, 4.69) is 10.6 Å². The Morgan fingerprint density at radius 1 is 1.04 bits per heavy atom. The summed E-state index contributed by atoms with van der Waals surface area (Å²) in [5.41, 5.74) is 5.24. The van der Waals surface area contributed by atoms with Crippen molar-refractivity contribution in [2.45, 2.75) is 44.0 Å². The van der Waals surface area contributed by atoms with E-state index in [1.54, 1.807) is 0 Å². The molecule has 0 saturated heterocycles. The molecule has 9 N–H and O–H groups in total. The lowest BCUT2D eigenvalue weighted by Crippen LogP contribution is -2.56. The van der Waals surface area contributed by atoms with Gasteiger partial charge in [0.2, 0.25) is 17.7 Å². The third kappa shape index (κ3) is 9.48. The van der Waals surface area contributed by atoms with Gasteiger partial charge in [-0.25, -0.2) is 4.79 Å². The van der Waals surface area contributed by atoms with Crippen LogP contribution in [0.3, 0.4) is 0 Å². The van der Waals surface area contributed by atoms with E-state index in [9.17, 15) is 29.1 Å². The topological polar surface area (TPSA) is 228 Å². The van der Waals surface area contributed by atoms with Gasteiger partial charge in [0.1, 0.15) is 12.1 Å². The van der Waals surface area contributed by atoms with Crippen molar-refractivity contribution in [3.05, 3.63) is 0 Å². The molecule has 0 aromatic heterocycles. The van der Waals surface area contributed by atoms with Gasteiger partial charge in [0.15, 0.2) is 6.04 Å². The fourth-order valence-electron chi connectivity index (χ4n) is 1.81. The van der Waals surface area contributed by atoms with E-state index < -0.39 is 73.5 Å². The number of aliphatic hydroxyl groups excluding tert-OH is 2. The zero-order valence-electron chi connectivity index (χ0n) is 14.5. The smallest absolute Gasteiger partial charge is 0.328 e. The summed E-state index contributed by atoms with van der Waals surface area (Å²) in [6.07, 6.45) is -2.31. The molecule has 3 amide bonds. The normalized spacial score (nSPS) is 15.0. The molecular weight excluding hydrogens is 368 g/mol. The minimum Gasteiger partial charge on any atom is -0.481 e. The Morgan fingerprint density at radius 2 is 1.63 bits per heavy atom. The van der Waals surface area contributed by atoms with Crippen molar-refractivity contribution in [2.75, 3.05) is 13.2 Å². The Kier molecular flexibility index (Phi) is 10.6. The molecule has 0 aromatic carbocycles. The van der Waals surface area contributed by atoms with E-state index >= 15 is 0 Å². The molecule has 0 spiro atoms. The van der Waals surface area contributed by atoms with Crippen molar-refractivity contribution in [1.82, 2.24) is 16.0 Å². The van der Waals surface area contributed by atoms with E-state index in [4.69, 9.17) is 21.1 Å². The van der Waals surface area contributed by atoms with Gasteiger partial charge < -0.3 is 42.1 Å². The Balaban J connectivity index is 4.95. The quantitative estimate of drug-likeness (QED) is 0.159. The average molecular weight is 392 g/mol. The summed E-state index contributed by atoms with van der Waals surface area (Å²) in [6.45, 7) is -0.126. The van der Waals surface area contributed by atoms with Gasteiger partial charge in [-0.2, -0.15) is 0 Å². The minimum absolute atomic E-state index is 0.358. The molecule has 0 aliphatic rings. The number of nitrogens with two attached hydrogens (primary N) is 1. The Morgan fingerprint density at radius 3 is 2.07 bits per heavy atom. The molecule has 4 unspecified atom stereocenters. The lowest BCUT2D eigenvalue weighted by molar-refractivity contribution is -0.145. The lowest BCUT2D eigenvalue weighted by atomic mass is 10.1. The fraction of sp³-hybridized carbons (Fsp3) is 0.643. The highest BCUT2D eigenvalue weighted by atomic mass is 16.4. The number of amides is 3. The number of carbonyl (C=O) groups is 5. The van der Waals surface area contributed by atoms with E-state index in [0.717, 1.165) is 6.92 Å². The number of carbonyl (C=O) groups excluding carboxylic acids is 3. The van der Waals surface area contributed by atoms with Gasteiger partial charge in [0, 0.05) is 6.42 Å². The SMILES string of the molecule is CC(O)C(NC(=O)C(CCC(=O)O)NC(=O)CNC(=O)C(N)CO)C(=O)O. The molecule has 0 aromatic rings. The zero-order chi connectivity index (χ0) is 21.1. The maximum absolute atomic E-state index is 12.2. The third-order valence-corrected chi connectivity index (χ3v) is 3.30. The first-order chi connectivity index (χ1) is 12.5. The van der Waals surface area contributed by atoms with Crippen LogP contribution in [0.5, 0.6) is 0 Å². The molecule has 0 saturated carbocycles. The number of aliphatic hydroxyl groups is 2. The monoisotopic (exact) mass is 392 g/mol. The fourth-order valence-corrected chi connectivity index (χ4v) is 1.81. The number of carboxylic acid groups (broad SMARTS) is 2. The molecule has 0 aliphatic carbocycles. The Hall–Kier alpha value is -2.77. The maximum atomic E-state index is 12.2. The molecule has 13 heteroatoms. The van der Waals surface area contributed by atoms with E-state index in [-0.39, 0.29) is 6.42 Å². The van der Waals surface area contributed by atoms with Crippen molar-refractivity contribution in [3.63, 3.8) is 0 Å². The van der Waals surface area contributed by atoms with E-state index in [1.807, 2.05) is 5.32 Å². The summed E-state index contributed by atoms with van der Waals surface area (Å²) >= 11 is 0. The summed E-state index contributed by atoms with van der Waals surface area (Å²) in [6, 6.07) is -4.33.